The number of hydrogen-bond acceptors (Lipinski definition) is 2. The zero-order valence-electron chi connectivity index (χ0n) is 9.70. The maximum Gasteiger partial charge on any atom is 0.115 e. The number of benzene rings is 1. The van der Waals surface area contributed by atoms with Crippen molar-refractivity contribution in [3.63, 3.8) is 0 Å². The largest absolute Gasteiger partial charge is 0.508 e. The van der Waals surface area contributed by atoms with Gasteiger partial charge in [-0.2, -0.15) is 0 Å². The first-order valence-electron chi connectivity index (χ1n) is 5.14. The van der Waals surface area contributed by atoms with Crippen LogP contribution in [0, 0.1) is 0 Å². The number of phenols is 1. The molecule has 0 amide bonds. The van der Waals surface area contributed by atoms with Gasteiger partial charge in [-0.25, -0.2) is 0 Å². The van der Waals surface area contributed by atoms with Crippen LogP contribution in [0.2, 0.25) is 0 Å². The molecule has 2 nitrogen and oxygen atoms in total. The Kier molecular flexibility index (Phi) is 3.92. The fourth-order valence-corrected chi connectivity index (χ4v) is 1.60. The van der Waals surface area contributed by atoms with Gasteiger partial charge >= 0.3 is 0 Å². The van der Waals surface area contributed by atoms with E-state index in [-0.39, 0.29) is 6.04 Å². The molecule has 0 aromatic heterocycles. The molecule has 1 aromatic rings. The first-order valence-corrected chi connectivity index (χ1v) is 5.14. The number of nitrogens with zero attached hydrogens (tertiary/aromatic N) is 1. The number of phenolic OH excluding ortho intramolecular Hbond substituents is 1. The second-order valence-corrected chi connectivity index (χ2v) is 4.14. The molecule has 1 aromatic carbocycles. The van der Waals surface area contributed by atoms with Crippen LogP contribution >= 0.6 is 0 Å². The lowest BCUT2D eigenvalue weighted by Crippen LogP contribution is -2.23. The van der Waals surface area contributed by atoms with Crippen LogP contribution in [0.25, 0.3) is 0 Å². The lowest BCUT2D eigenvalue weighted by atomic mass is 10.1. The summed E-state index contributed by atoms with van der Waals surface area (Å²) in [5.41, 5.74) is 2.27. The first kappa shape index (κ1) is 11.8. The maximum atomic E-state index is 9.39. The lowest BCUT2D eigenvalue weighted by molar-refractivity contribution is 0.283. The third-order valence-corrected chi connectivity index (χ3v) is 2.53. The Hall–Kier alpha value is -1.28. The van der Waals surface area contributed by atoms with Crippen LogP contribution in [0.15, 0.2) is 36.4 Å². The quantitative estimate of drug-likeness (QED) is 0.764. The Balaban J connectivity index is 2.75. The zero-order valence-corrected chi connectivity index (χ0v) is 9.70. The molecule has 2 heteroatoms. The zero-order chi connectivity index (χ0) is 11.4. The van der Waals surface area contributed by atoms with Crippen LogP contribution in [0.4, 0.5) is 0 Å². The van der Waals surface area contributed by atoms with Gasteiger partial charge in [-0.3, -0.25) is 4.90 Å². The summed E-state index contributed by atoms with van der Waals surface area (Å²) in [5.74, 6) is 0.322. The van der Waals surface area contributed by atoms with Gasteiger partial charge < -0.3 is 5.11 Å². The van der Waals surface area contributed by atoms with E-state index in [1.165, 1.54) is 0 Å². The topological polar surface area (TPSA) is 23.5 Å². The molecule has 0 saturated heterocycles. The molecule has 0 radical (unpaired) electrons. The average molecular weight is 205 g/mol. The van der Waals surface area contributed by atoms with Gasteiger partial charge in [0.1, 0.15) is 5.75 Å². The minimum absolute atomic E-state index is 0.286. The van der Waals surface area contributed by atoms with Crippen LogP contribution in [0.3, 0.4) is 0 Å². The van der Waals surface area contributed by atoms with E-state index >= 15 is 0 Å². The van der Waals surface area contributed by atoms with Crippen molar-refractivity contribution in [1.82, 2.24) is 4.90 Å². The van der Waals surface area contributed by atoms with Crippen molar-refractivity contribution in [2.45, 2.75) is 19.9 Å². The van der Waals surface area contributed by atoms with E-state index in [0.717, 1.165) is 17.7 Å². The Labute approximate surface area is 91.9 Å². The van der Waals surface area contributed by atoms with Gasteiger partial charge in [0.2, 0.25) is 0 Å². The summed E-state index contributed by atoms with van der Waals surface area (Å²) in [7, 11) is 2.06. The van der Waals surface area contributed by atoms with Gasteiger partial charge in [-0.15, -0.1) is 0 Å². The molecule has 0 saturated carbocycles. The van der Waals surface area contributed by atoms with Crippen LogP contribution in [0.1, 0.15) is 25.5 Å². The van der Waals surface area contributed by atoms with E-state index in [4.69, 9.17) is 0 Å². The molecule has 0 heterocycles. The summed E-state index contributed by atoms with van der Waals surface area (Å²) >= 11 is 0. The first-order chi connectivity index (χ1) is 7.00. The number of hydrogen-bond donors (Lipinski definition) is 1. The second kappa shape index (κ2) is 4.99. The van der Waals surface area contributed by atoms with Crippen LogP contribution < -0.4 is 0 Å². The summed E-state index contributed by atoms with van der Waals surface area (Å²) in [6, 6.07) is 7.68. The highest BCUT2D eigenvalue weighted by Gasteiger charge is 2.11. The van der Waals surface area contributed by atoms with Crippen LogP contribution in [-0.2, 0) is 0 Å². The molecular formula is C13H19NO. The molecule has 0 fully saturated rings. The van der Waals surface area contributed by atoms with Crippen LogP contribution in [-0.4, -0.2) is 23.6 Å². The Morgan fingerprint density at radius 1 is 1.53 bits per heavy atom. The molecule has 0 spiro atoms. The lowest BCUT2D eigenvalue weighted by Gasteiger charge is -2.25. The third-order valence-electron chi connectivity index (χ3n) is 2.53. The summed E-state index contributed by atoms with van der Waals surface area (Å²) in [6.45, 7) is 8.91. The van der Waals surface area contributed by atoms with E-state index in [9.17, 15) is 5.11 Å². The molecule has 82 valence electrons. The van der Waals surface area contributed by atoms with Crippen molar-refractivity contribution in [2.24, 2.45) is 0 Å². The van der Waals surface area contributed by atoms with Crippen molar-refractivity contribution in [1.29, 1.82) is 0 Å². The van der Waals surface area contributed by atoms with Gasteiger partial charge in [0.15, 0.2) is 0 Å². The van der Waals surface area contributed by atoms with E-state index in [1.54, 1.807) is 12.1 Å². The van der Waals surface area contributed by atoms with Crippen molar-refractivity contribution < 1.29 is 5.11 Å². The van der Waals surface area contributed by atoms with Gasteiger partial charge in [0.05, 0.1) is 0 Å². The standard InChI is InChI=1S/C13H19NO/c1-10(2)9-14(4)11(3)12-6-5-7-13(15)8-12/h5-8,11,15H,1,9H2,2-4H3/t11-/m0/s1. The van der Waals surface area contributed by atoms with E-state index in [1.807, 2.05) is 19.1 Å². The van der Waals surface area contributed by atoms with Crippen molar-refractivity contribution in [2.75, 3.05) is 13.6 Å². The number of rotatable bonds is 4. The Morgan fingerprint density at radius 2 is 2.20 bits per heavy atom. The van der Waals surface area contributed by atoms with Crippen molar-refractivity contribution >= 4 is 0 Å². The predicted octanol–water partition coefficient (Wildman–Crippen LogP) is 2.96. The Bertz CT molecular complexity index is 346. The highest BCUT2D eigenvalue weighted by molar-refractivity contribution is 5.29. The normalized spacial score (nSPS) is 12.8. The molecule has 0 bridgehead atoms. The molecule has 0 aliphatic heterocycles. The number of aromatic hydroxyl groups is 1. The monoisotopic (exact) mass is 205 g/mol. The third kappa shape index (κ3) is 3.40. The summed E-state index contributed by atoms with van der Waals surface area (Å²) in [5, 5.41) is 9.39. The molecule has 1 atom stereocenters. The van der Waals surface area contributed by atoms with Crippen molar-refractivity contribution in [3.05, 3.63) is 42.0 Å². The minimum atomic E-state index is 0.286. The molecule has 0 aliphatic carbocycles. The second-order valence-electron chi connectivity index (χ2n) is 4.14. The van der Waals surface area contributed by atoms with E-state index in [0.29, 0.717) is 5.75 Å². The molecule has 1 N–H and O–H groups in total. The molecule has 0 unspecified atom stereocenters. The smallest absolute Gasteiger partial charge is 0.115 e. The summed E-state index contributed by atoms with van der Waals surface area (Å²) in [6.07, 6.45) is 0. The molecule has 0 aliphatic rings. The fraction of sp³-hybridized carbons (Fsp3) is 0.385. The van der Waals surface area contributed by atoms with Crippen LogP contribution in [0.5, 0.6) is 5.75 Å². The van der Waals surface area contributed by atoms with Crippen molar-refractivity contribution in [3.8, 4) is 5.75 Å². The average Bonchev–Trinajstić information content (AvgIpc) is 2.15. The molecule has 1 rings (SSSR count). The maximum absolute atomic E-state index is 9.39. The molecular weight excluding hydrogens is 186 g/mol. The minimum Gasteiger partial charge on any atom is -0.508 e. The van der Waals surface area contributed by atoms with Gasteiger partial charge in [-0.1, -0.05) is 24.3 Å². The fourth-order valence-electron chi connectivity index (χ4n) is 1.60. The predicted molar refractivity (Wildman–Crippen MR) is 64.0 cm³/mol. The van der Waals surface area contributed by atoms with Gasteiger partial charge in [0, 0.05) is 12.6 Å². The molecule has 15 heavy (non-hydrogen) atoms. The summed E-state index contributed by atoms with van der Waals surface area (Å²) in [4.78, 5) is 2.21. The number of likely N-dealkylation sites (N-methyl/N-ethyl adjacent to an activating group) is 1. The highest BCUT2D eigenvalue weighted by Crippen LogP contribution is 2.22. The van der Waals surface area contributed by atoms with Gasteiger partial charge in [0.25, 0.3) is 0 Å². The van der Waals surface area contributed by atoms with Gasteiger partial charge in [-0.05, 0) is 38.6 Å². The van der Waals surface area contributed by atoms with E-state index in [2.05, 4.69) is 25.5 Å². The SMILES string of the molecule is C=C(C)CN(C)[C@@H](C)c1cccc(O)c1. The Morgan fingerprint density at radius 3 is 2.73 bits per heavy atom. The van der Waals surface area contributed by atoms with E-state index < -0.39 is 0 Å². The summed E-state index contributed by atoms with van der Waals surface area (Å²) < 4.78 is 0. The highest BCUT2D eigenvalue weighted by atomic mass is 16.3.